The normalized spacial score (nSPS) is 20.6. The van der Waals surface area contributed by atoms with Crippen LogP contribution in [0.15, 0.2) is 18.2 Å². The Hall–Kier alpha value is -0.820. The van der Waals surface area contributed by atoms with Gasteiger partial charge >= 0.3 is 0 Å². The van der Waals surface area contributed by atoms with E-state index in [0.29, 0.717) is 12.5 Å². The van der Waals surface area contributed by atoms with E-state index in [2.05, 4.69) is 25.1 Å². The van der Waals surface area contributed by atoms with Crippen molar-refractivity contribution >= 4 is 0 Å². The van der Waals surface area contributed by atoms with Gasteiger partial charge in [0.1, 0.15) is 0 Å². The number of aliphatic hydroxyl groups excluding tert-OH is 1. The Morgan fingerprint density at radius 2 is 2.21 bits per heavy atom. The second-order valence-corrected chi connectivity index (χ2v) is 4.25. The maximum atomic E-state index is 9.12. The van der Waals surface area contributed by atoms with Crippen molar-refractivity contribution in [2.24, 2.45) is 5.92 Å². The Labute approximate surface area is 85.8 Å². The monoisotopic (exact) mass is 190 g/mol. The van der Waals surface area contributed by atoms with E-state index in [1.54, 1.807) is 0 Å². The van der Waals surface area contributed by atoms with Gasteiger partial charge in [-0.3, -0.25) is 0 Å². The average Bonchev–Trinajstić information content (AvgIpc) is 2.27. The lowest BCUT2D eigenvalue weighted by Gasteiger charge is -2.23. The molecular weight excluding hydrogens is 172 g/mol. The van der Waals surface area contributed by atoms with Crippen LogP contribution in [0.3, 0.4) is 0 Å². The zero-order valence-electron chi connectivity index (χ0n) is 8.79. The second kappa shape index (κ2) is 4.14. The molecule has 76 valence electrons. The van der Waals surface area contributed by atoms with Crippen LogP contribution in [0.25, 0.3) is 0 Å². The summed E-state index contributed by atoms with van der Waals surface area (Å²) in [6, 6.07) is 6.80. The van der Waals surface area contributed by atoms with Crippen molar-refractivity contribution < 1.29 is 5.11 Å². The molecule has 0 saturated carbocycles. The number of benzene rings is 1. The molecule has 14 heavy (non-hydrogen) atoms. The van der Waals surface area contributed by atoms with Crippen molar-refractivity contribution in [1.82, 2.24) is 0 Å². The van der Waals surface area contributed by atoms with Crippen molar-refractivity contribution in [2.45, 2.75) is 32.6 Å². The molecule has 0 aromatic heterocycles. The minimum atomic E-state index is 0.342. The highest BCUT2D eigenvalue weighted by molar-refractivity contribution is 5.34. The van der Waals surface area contributed by atoms with Gasteiger partial charge in [-0.1, -0.05) is 25.1 Å². The first-order chi connectivity index (χ1) is 6.83. The fourth-order valence-corrected chi connectivity index (χ4v) is 2.26. The first kappa shape index (κ1) is 9.72. The predicted octanol–water partition coefficient (Wildman–Crippen LogP) is 2.35. The number of aliphatic hydroxyl groups is 1. The highest BCUT2D eigenvalue weighted by Gasteiger charge is 2.17. The Kier molecular flexibility index (Phi) is 2.87. The summed E-state index contributed by atoms with van der Waals surface area (Å²) in [7, 11) is 0. The molecule has 0 spiro atoms. The van der Waals surface area contributed by atoms with Crippen LogP contribution in [-0.4, -0.2) is 11.7 Å². The van der Waals surface area contributed by atoms with E-state index < -0.39 is 0 Å². The molecule has 0 amide bonds. The molecule has 0 aliphatic heterocycles. The Morgan fingerprint density at radius 3 is 2.93 bits per heavy atom. The summed E-state index contributed by atoms with van der Waals surface area (Å²) in [6.45, 7) is 2.54. The highest BCUT2D eigenvalue weighted by atomic mass is 16.3. The van der Waals surface area contributed by atoms with Crippen molar-refractivity contribution in [2.75, 3.05) is 6.61 Å². The SMILES string of the molecule is CCc1ccc2c(c1)CCC(CO)C2. The van der Waals surface area contributed by atoms with E-state index >= 15 is 0 Å². The van der Waals surface area contributed by atoms with E-state index in [4.69, 9.17) is 5.11 Å². The second-order valence-electron chi connectivity index (χ2n) is 4.25. The summed E-state index contributed by atoms with van der Waals surface area (Å²) >= 11 is 0. The molecule has 0 bridgehead atoms. The molecule has 1 aliphatic rings. The molecule has 1 unspecified atom stereocenters. The van der Waals surface area contributed by atoms with Crippen LogP contribution in [0.1, 0.15) is 30.0 Å². The molecule has 1 aliphatic carbocycles. The summed E-state index contributed by atoms with van der Waals surface area (Å²) < 4.78 is 0. The summed E-state index contributed by atoms with van der Waals surface area (Å²) in [6.07, 6.45) is 4.48. The zero-order valence-corrected chi connectivity index (χ0v) is 8.79. The van der Waals surface area contributed by atoms with Crippen molar-refractivity contribution in [3.63, 3.8) is 0 Å². The van der Waals surface area contributed by atoms with Crippen LogP contribution in [0.4, 0.5) is 0 Å². The van der Waals surface area contributed by atoms with Gasteiger partial charge in [-0.2, -0.15) is 0 Å². The number of aryl methyl sites for hydroxylation is 2. The van der Waals surface area contributed by atoms with Gasteiger partial charge in [-0.25, -0.2) is 0 Å². The van der Waals surface area contributed by atoms with Crippen LogP contribution < -0.4 is 0 Å². The molecule has 0 radical (unpaired) electrons. The van der Waals surface area contributed by atoms with Crippen LogP contribution >= 0.6 is 0 Å². The average molecular weight is 190 g/mol. The van der Waals surface area contributed by atoms with Crippen molar-refractivity contribution in [3.8, 4) is 0 Å². The minimum Gasteiger partial charge on any atom is -0.396 e. The van der Waals surface area contributed by atoms with Crippen LogP contribution in [-0.2, 0) is 19.3 Å². The Bertz CT molecular complexity index is 317. The standard InChI is InChI=1S/C13H18O/c1-2-10-3-5-13-8-11(9-14)4-6-12(13)7-10/h3,5,7,11,14H,2,4,6,8-9H2,1H3. The number of hydrogen-bond acceptors (Lipinski definition) is 1. The van der Waals surface area contributed by atoms with Gasteiger partial charge in [0, 0.05) is 6.61 Å². The lowest BCUT2D eigenvalue weighted by Crippen LogP contribution is -2.17. The minimum absolute atomic E-state index is 0.342. The summed E-state index contributed by atoms with van der Waals surface area (Å²) in [5.74, 6) is 0.495. The predicted molar refractivity (Wildman–Crippen MR) is 58.4 cm³/mol. The third kappa shape index (κ3) is 1.83. The van der Waals surface area contributed by atoms with E-state index in [1.807, 2.05) is 0 Å². The summed E-state index contributed by atoms with van der Waals surface area (Å²) in [4.78, 5) is 0. The molecule has 1 nitrogen and oxygen atoms in total. The molecule has 0 heterocycles. The number of hydrogen-bond donors (Lipinski definition) is 1. The van der Waals surface area contributed by atoms with E-state index in [-0.39, 0.29) is 0 Å². The third-order valence-corrected chi connectivity index (χ3v) is 3.27. The van der Waals surface area contributed by atoms with Gasteiger partial charge in [-0.15, -0.1) is 0 Å². The quantitative estimate of drug-likeness (QED) is 0.759. The van der Waals surface area contributed by atoms with Crippen molar-refractivity contribution in [3.05, 3.63) is 34.9 Å². The topological polar surface area (TPSA) is 20.2 Å². The molecular formula is C13H18O. The van der Waals surface area contributed by atoms with Gasteiger partial charge in [-0.05, 0) is 48.3 Å². The van der Waals surface area contributed by atoms with Crippen molar-refractivity contribution in [1.29, 1.82) is 0 Å². The Morgan fingerprint density at radius 1 is 1.36 bits per heavy atom. The molecule has 0 saturated heterocycles. The highest BCUT2D eigenvalue weighted by Crippen LogP contribution is 2.26. The molecule has 1 heteroatoms. The first-order valence-corrected chi connectivity index (χ1v) is 5.55. The fourth-order valence-electron chi connectivity index (χ4n) is 2.26. The lowest BCUT2D eigenvalue weighted by atomic mass is 9.83. The van der Waals surface area contributed by atoms with E-state index in [0.717, 1.165) is 25.7 Å². The zero-order chi connectivity index (χ0) is 9.97. The van der Waals surface area contributed by atoms with Gasteiger partial charge in [0.05, 0.1) is 0 Å². The first-order valence-electron chi connectivity index (χ1n) is 5.55. The maximum Gasteiger partial charge on any atom is 0.0462 e. The largest absolute Gasteiger partial charge is 0.396 e. The lowest BCUT2D eigenvalue weighted by molar-refractivity contribution is 0.213. The Balaban J connectivity index is 2.23. The van der Waals surface area contributed by atoms with Gasteiger partial charge in [0.2, 0.25) is 0 Å². The number of fused-ring (bicyclic) bond motifs is 1. The summed E-state index contributed by atoms with van der Waals surface area (Å²) in [5.41, 5.74) is 4.40. The molecule has 2 rings (SSSR count). The molecule has 1 N–H and O–H groups in total. The van der Waals surface area contributed by atoms with Gasteiger partial charge in [0.25, 0.3) is 0 Å². The van der Waals surface area contributed by atoms with Crippen LogP contribution in [0.5, 0.6) is 0 Å². The van der Waals surface area contributed by atoms with Gasteiger partial charge < -0.3 is 5.11 Å². The molecule has 1 aromatic carbocycles. The molecule has 1 atom stereocenters. The number of rotatable bonds is 2. The van der Waals surface area contributed by atoms with Gasteiger partial charge in [0.15, 0.2) is 0 Å². The van der Waals surface area contributed by atoms with E-state index in [1.165, 1.54) is 16.7 Å². The van der Waals surface area contributed by atoms with Crippen LogP contribution in [0.2, 0.25) is 0 Å². The fraction of sp³-hybridized carbons (Fsp3) is 0.538. The molecule has 0 fully saturated rings. The maximum absolute atomic E-state index is 9.12. The van der Waals surface area contributed by atoms with Crippen LogP contribution in [0, 0.1) is 5.92 Å². The smallest absolute Gasteiger partial charge is 0.0462 e. The third-order valence-electron chi connectivity index (χ3n) is 3.27. The molecule has 1 aromatic rings. The van der Waals surface area contributed by atoms with E-state index in [9.17, 15) is 0 Å². The summed E-state index contributed by atoms with van der Waals surface area (Å²) in [5, 5.41) is 9.12.